The van der Waals surface area contributed by atoms with Crippen LogP contribution in [0.25, 0.3) is 11.0 Å². The number of anilines is 1. The first-order valence-electron chi connectivity index (χ1n) is 5.48. The van der Waals surface area contributed by atoms with E-state index in [-0.39, 0.29) is 0 Å². The molecule has 2 N–H and O–H groups in total. The van der Waals surface area contributed by atoms with E-state index in [0.717, 1.165) is 23.2 Å². The number of rotatable bonds is 3. The van der Waals surface area contributed by atoms with Gasteiger partial charge in [-0.2, -0.15) is 0 Å². The number of hydrogen-bond acceptors (Lipinski definition) is 3. The van der Waals surface area contributed by atoms with Gasteiger partial charge in [-0.3, -0.25) is 0 Å². The predicted molar refractivity (Wildman–Crippen MR) is 65.7 cm³/mol. The number of imidazole rings is 1. The van der Waals surface area contributed by atoms with E-state index >= 15 is 0 Å². The summed E-state index contributed by atoms with van der Waals surface area (Å²) in [5, 5.41) is 0. The summed E-state index contributed by atoms with van der Waals surface area (Å²) in [6.07, 6.45) is 1.03. The highest BCUT2D eigenvalue weighted by molar-refractivity contribution is 5.80. The maximum absolute atomic E-state index is 5.93. The van der Waals surface area contributed by atoms with Crippen molar-refractivity contribution in [3.8, 4) is 5.75 Å². The summed E-state index contributed by atoms with van der Waals surface area (Å²) in [6.45, 7) is 4.28. The van der Waals surface area contributed by atoms with Gasteiger partial charge in [0.2, 0.25) is 5.95 Å². The molecule has 0 aliphatic rings. The first kappa shape index (κ1) is 10.8. The van der Waals surface area contributed by atoms with Crippen LogP contribution in [0, 0.1) is 0 Å². The average molecular weight is 219 g/mol. The number of methoxy groups -OCH3 is 1. The number of benzene rings is 1. The van der Waals surface area contributed by atoms with Crippen LogP contribution in [-0.4, -0.2) is 16.7 Å². The number of nitrogens with two attached hydrogens (primary N) is 1. The third-order valence-electron chi connectivity index (χ3n) is 2.96. The van der Waals surface area contributed by atoms with Crippen molar-refractivity contribution >= 4 is 17.0 Å². The molecule has 4 heteroatoms. The smallest absolute Gasteiger partial charge is 0.201 e. The van der Waals surface area contributed by atoms with Crippen molar-refractivity contribution in [2.75, 3.05) is 12.8 Å². The maximum atomic E-state index is 5.93. The Morgan fingerprint density at radius 2 is 2.25 bits per heavy atom. The van der Waals surface area contributed by atoms with Crippen molar-refractivity contribution in [1.82, 2.24) is 9.55 Å². The minimum absolute atomic E-state index is 0.360. The van der Waals surface area contributed by atoms with Crippen LogP contribution in [0.3, 0.4) is 0 Å². The topological polar surface area (TPSA) is 53.1 Å². The van der Waals surface area contributed by atoms with Crippen molar-refractivity contribution in [1.29, 1.82) is 0 Å². The second-order valence-electron chi connectivity index (χ2n) is 3.95. The fourth-order valence-corrected chi connectivity index (χ4v) is 1.87. The van der Waals surface area contributed by atoms with Crippen LogP contribution < -0.4 is 10.5 Å². The quantitative estimate of drug-likeness (QED) is 0.863. The normalized spacial score (nSPS) is 12.9. The summed E-state index contributed by atoms with van der Waals surface area (Å²) in [5.74, 6) is 1.37. The van der Waals surface area contributed by atoms with Crippen LogP contribution in [0.15, 0.2) is 18.2 Å². The summed E-state index contributed by atoms with van der Waals surface area (Å²) < 4.78 is 7.23. The molecule has 1 aromatic carbocycles. The number of nitrogens with zero attached hydrogens (tertiary/aromatic N) is 2. The molecule has 0 saturated heterocycles. The Morgan fingerprint density at radius 3 is 2.88 bits per heavy atom. The zero-order chi connectivity index (χ0) is 11.7. The Bertz CT molecular complexity index is 504. The van der Waals surface area contributed by atoms with E-state index in [2.05, 4.69) is 23.4 Å². The van der Waals surface area contributed by atoms with Gasteiger partial charge < -0.3 is 15.0 Å². The van der Waals surface area contributed by atoms with Crippen molar-refractivity contribution in [2.24, 2.45) is 0 Å². The minimum atomic E-state index is 0.360. The van der Waals surface area contributed by atoms with Crippen molar-refractivity contribution < 1.29 is 4.74 Å². The maximum Gasteiger partial charge on any atom is 0.201 e. The Balaban J connectivity index is 2.62. The van der Waals surface area contributed by atoms with Gasteiger partial charge in [0.25, 0.3) is 0 Å². The molecule has 0 amide bonds. The zero-order valence-electron chi connectivity index (χ0n) is 9.90. The Morgan fingerprint density at radius 1 is 1.50 bits per heavy atom. The summed E-state index contributed by atoms with van der Waals surface area (Å²) in [5.41, 5.74) is 7.88. The van der Waals surface area contributed by atoms with Crippen LogP contribution in [0.2, 0.25) is 0 Å². The number of fused-ring (bicyclic) bond motifs is 1. The van der Waals surface area contributed by atoms with Gasteiger partial charge in [0, 0.05) is 12.1 Å². The predicted octanol–water partition coefficient (Wildman–Crippen LogP) is 2.60. The molecule has 0 spiro atoms. The van der Waals surface area contributed by atoms with E-state index in [1.165, 1.54) is 0 Å². The molecule has 86 valence electrons. The second-order valence-corrected chi connectivity index (χ2v) is 3.95. The van der Waals surface area contributed by atoms with Gasteiger partial charge in [-0.25, -0.2) is 4.98 Å². The molecule has 0 bridgehead atoms. The van der Waals surface area contributed by atoms with Gasteiger partial charge in [0.15, 0.2) is 0 Å². The SMILES string of the molecule is CCC(C)n1c(N)nc2cc(OC)ccc21. The lowest BCUT2D eigenvalue weighted by molar-refractivity contribution is 0.415. The molecule has 1 atom stereocenters. The van der Waals surface area contributed by atoms with Crippen LogP contribution in [0.1, 0.15) is 26.3 Å². The van der Waals surface area contributed by atoms with E-state index in [1.54, 1.807) is 7.11 Å². The third-order valence-corrected chi connectivity index (χ3v) is 2.96. The second kappa shape index (κ2) is 4.04. The van der Waals surface area contributed by atoms with Gasteiger partial charge in [-0.1, -0.05) is 6.92 Å². The Labute approximate surface area is 95.0 Å². The highest BCUT2D eigenvalue weighted by atomic mass is 16.5. The van der Waals surface area contributed by atoms with Gasteiger partial charge in [-0.05, 0) is 25.5 Å². The Hall–Kier alpha value is -1.71. The van der Waals surface area contributed by atoms with Crippen LogP contribution >= 0.6 is 0 Å². The lowest BCUT2D eigenvalue weighted by Gasteiger charge is -2.13. The standard InChI is InChI=1S/C12H17N3O/c1-4-8(2)15-11-6-5-9(16-3)7-10(11)14-12(15)13/h5-8H,4H2,1-3H3,(H2,13,14). The molecule has 0 aliphatic carbocycles. The highest BCUT2D eigenvalue weighted by Crippen LogP contribution is 2.27. The number of ether oxygens (including phenoxy) is 1. The number of aromatic nitrogens is 2. The zero-order valence-corrected chi connectivity index (χ0v) is 9.90. The molecule has 0 aliphatic heterocycles. The van der Waals surface area contributed by atoms with Crippen molar-refractivity contribution in [3.05, 3.63) is 18.2 Å². The molecule has 0 fully saturated rings. The molecule has 1 unspecified atom stereocenters. The fraction of sp³-hybridized carbons (Fsp3) is 0.417. The van der Waals surface area contributed by atoms with Crippen LogP contribution in [-0.2, 0) is 0 Å². The van der Waals surface area contributed by atoms with Crippen LogP contribution in [0.5, 0.6) is 5.75 Å². The van der Waals surface area contributed by atoms with Gasteiger partial charge in [0.1, 0.15) is 5.75 Å². The van der Waals surface area contributed by atoms with E-state index < -0.39 is 0 Å². The summed E-state index contributed by atoms with van der Waals surface area (Å²) >= 11 is 0. The molecule has 1 aromatic heterocycles. The first-order valence-corrected chi connectivity index (χ1v) is 5.48. The summed E-state index contributed by atoms with van der Waals surface area (Å²) in [6, 6.07) is 6.20. The molecular formula is C12H17N3O. The molecule has 4 nitrogen and oxygen atoms in total. The fourth-order valence-electron chi connectivity index (χ4n) is 1.87. The van der Waals surface area contributed by atoms with E-state index in [1.807, 2.05) is 18.2 Å². The first-order chi connectivity index (χ1) is 7.67. The molecule has 1 heterocycles. The third kappa shape index (κ3) is 1.60. The van der Waals surface area contributed by atoms with E-state index in [4.69, 9.17) is 10.5 Å². The highest BCUT2D eigenvalue weighted by Gasteiger charge is 2.12. The molecule has 0 saturated carbocycles. The lowest BCUT2D eigenvalue weighted by Crippen LogP contribution is -2.07. The van der Waals surface area contributed by atoms with Crippen LogP contribution in [0.4, 0.5) is 5.95 Å². The molecule has 2 rings (SSSR count). The minimum Gasteiger partial charge on any atom is -0.497 e. The van der Waals surface area contributed by atoms with Crippen molar-refractivity contribution in [2.45, 2.75) is 26.3 Å². The molecular weight excluding hydrogens is 202 g/mol. The number of hydrogen-bond donors (Lipinski definition) is 1. The van der Waals surface area contributed by atoms with Gasteiger partial charge in [0.05, 0.1) is 18.1 Å². The van der Waals surface area contributed by atoms with Crippen molar-refractivity contribution in [3.63, 3.8) is 0 Å². The largest absolute Gasteiger partial charge is 0.497 e. The Kier molecular flexibility index (Phi) is 2.73. The van der Waals surface area contributed by atoms with Gasteiger partial charge in [-0.15, -0.1) is 0 Å². The lowest BCUT2D eigenvalue weighted by atomic mass is 10.2. The summed E-state index contributed by atoms with van der Waals surface area (Å²) in [4.78, 5) is 4.35. The molecule has 0 radical (unpaired) electrons. The van der Waals surface area contributed by atoms with E-state index in [9.17, 15) is 0 Å². The molecule has 2 aromatic rings. The molecule has 16 heavy (non-hydrogen) atoms. The van der Waals surface area contributed by atoms with E-state index in [0.29, 0.717) is 12.0 Å². The monoisotopic (exact) mass is 219 g/mol. The van der Waals surface area contributed by atoms with Gasteiger partial charge >= 0.3 is 0 Å². The summed E-state index contributed by atoms with van der Waals surface area (Å²) in [7, 11) is 1.65. The number of nitrogen functional groups attached to an aromatic ring is 1. The average Bonchev–Trinajstić information content (AvgIpc) is 2.62.